The number of halogens is 5. The molecule has 1 fully saturated rings. The van der Waals surface area contributed by atoms with Gasteiger partial charge in [0.05, 0.1) is 25.4 Å². The Morgan fingerprint density at radius 2 is 1.59 bits per heavy atom. The van der Waals surface area contributed by atoms with E-state index in [1.807, 2.05) is 0 Å². The van der Waals surface area contributed by atoms with Gasteiger partial charge in [-0.15, -0.1) is 0 Å². The molecule has 4 rings (SSSR count). The Balaban J connectivity index is 0.000000310. The smallest absolute Gasteiger partial charge is 0.416 e. The van der Waals surface area contributed by atoms with Crippen LogP contribution in [0.2, 0.25) is 10.0 Å². The van der Waals surface area contributed by atoms with Crippen LogP contribution < -0.4 is 10.5 Å². The maximum atomic E-state index is 12.6. The van der Waals surface area contributed by atoms with E-state index >= 15 is 0 Å². The Morgan fingerprint density at radius 3 is 2.04 bits per heavy atom. The van der Waals surface area contributed by atoms with Gasteiger partial charge in [-0.3, -0.25) is 33.9 Å². The molecule has 1 aliphatic carbocycles. The highest BCUT2D eigenvalue weighted by atomic mass is 35.5. The number of hydrogen-bond acceptors (Lipinski definition) is 12. The third-order valence-corrected chi connectivity index (χ3v) is 10.2. The number of carbonyl (C=O) groups excluding carboxylic acids is 3. The van der Waals surface area contributed by atoms with Gasteiger partial charge in [0.1, 0.15) is 29.0 Å². The van der Waals surface area contributed by atoms with Gasteiger partial charge in [-0.2, -0.15) is 13.2 Å². The number of ether oxygens (including phenoxy) is 1. The molecule has 3 aromatic rings. The minimum absolute atomic E-state index is 0.00216. The molecular weight excluding hydrogens is 839 g/mol. The lowest BCUT2D eigenvalue weighted by Crippen LogP contribution is -2.35. The predicted molar refractivity (Wildman–Crippen MR) is 194 cm³/mol. The number of carbonyl (C=O) groups is 5. The van der Waals surface area contributed by atoms with Gasteiger partial charge in [0.2, 0.25) is 0 Å². The zero-order valence-electron chi connectivity index (χ0n) is 29.0. The van der Waals surface area contributed by atoms with Crippen LogP contribution in [0.3, 0.4) is 0 Å². The van der Waals surface area contributed by atoms with Crippen LogP contribution in [0.4, 0.5) is 18.9 Å². The molecule has 0 aliphatic heterocycles. The van der Waals surface area contributed by atoms with Crippen molar-refractivity contribution >= 4 is 75.4 Å². The number of aromatic carboxylic acids is 1. The Morgan fingerprint density at radius 1 is 1.00 bits per heavy atom. The molecule has 0 amide bonds. The number of nitrogens with two attached hydrogens (primary N) is 1. The first-order valence-electron chi connectivity index (χ1n) is 15.6. The lowest BCUT2D eigenvalue weighted by molar-refractivity contribution is -0.385. The van der Waals surface area contributed by atoms with E-state index in [1.165, 1.54) is 18.8 Å². The first-order valence-corrected chi connectivity index (χ1v) is 20.5. The number of nitro groups is 1. The number of alkyl halides is 3. The number of aliphatic carboxylic acids is 1. The quantitative estimate of drug-likeness (QED) is 0.0540. The van der Waals surface area contributed by atoms with Crippen molar-refractivity contribution in [1.29, 1.82) is 0 Å². The molecule has 0 saturated heterocycles. The molecular formula is C33H32Cl2F3N2O14PS. The van der Waals surface area contributed by atoms with E-state index in [-0.39, 0.29) is 57.4 Å². The van der Waals surface area contributed by atoms with E-state index in [0.29, 0.717) is 12.5 Å². The van der Waals surface area contributed by atoms with Crippen LogP contribution in [0.5, 0.6) is 11.5 Å². The van der Waals surface area contributed by atoms with Crippen molar-refractivity contribution in [1.82, 2.24) is 0 Å². The Kier molecular flexibility index (Phi) is 16.5. The van der Waals surface area contributed by atoms with E-state index in [1.54, 1.807) is 0 Å². The van der Waals surface area contributed by atoms with Crippen LogP contribution >= 0.6 is 30.6 Å². The molecule has 3 aromatic carbocycles. The van der Waals surface area contributed by atoms with Crippen LogP contribution in [0.15, 0.2) is 59.5 Å². The van der Waals surface area contributed by atoms with E-state index in [4.69, 9.17) is 48.8 Å². The van der Waals surface area contributed by atoms with E-state index < -0.39 is 86.4 Å². The summed E-state index contributed by atoms with van der Waals surface area (Å²) in [6.07, 6.45) is -2.70. The maximum Gasteiger partial charge on any atom is 0.416 e. The summed E-state index contributed by atoms with van der Waals surface area (Å²) < 4.78 is 76.4. The highest BCUT2D eigenvalue weighted by Crippen LogP contribution is 2.38. The second-order valence-corrected chi connectivity index (χ2v) is 17.4. The molecule has 56 heavy (non-hydrogen) atoms. The van der Waals surface area contributed by atoms with Gasteiger partial charge in [-0.05, 0) is 55.3 Å². The fourth-order valence-electron chi connectivity index (χ4n) is 4.58. The van der Waals surface area contributed by atoms with E-state index in [9.17, 15) is 60.2 Å². The Bertz CT molecular complexity index is 2180. The predicted octanol–water partition coefficient (Wildman–Crippen LogP) is 6.31. The minimum Gasteiger partial charge on any atom is -0.480 e. The van der Waals surface area contributed by atoms with Crippen molar-refractivity contribution < 1.29 is 74.9 Å². The monoisotopic (exact) mass is 870 g/mol. The summed E-state index contributed by atoms with van der Waals surface area (Å²) in [5.41, 5.74) is 2.84. The number of hydrogen-bond donors (Lipinski definition) is 4. The lowest BCUT2D eigenvalue weighted by atomic mass is 9.82. The Labute approximate surface area is 325 Å². The summed E-state index contributed by atoms with van der Waals surface area (Å²) in [6.45, 7) is 1.18. The Hall–Kier alpha value is -4.72. The average Bonchev–Trinajstić information content (AvgIpc) is 3.07. The van der Waals surface area contributed by atoms with Gasteiger partial charge in [-0.1, -0.05) is 23.2 Å². The molecule has 304 valence electrons. The summed E-state index contributed by atoms with van der Waals surface area (Å²) in [6, 6.07) is 7.88. The lowest BCUT2D eigenvalue weighted by Gasteiger charge is -2.18. The van der Waals surface area contributed by atoms with Crippen molar-refractivity contribution in [3.05, 3.63) is 91.4 Å². The van der Waals surface area contributed by atoms with Gasteiger partial charge >= 0.3 is 18.1 Å². The summed E-state index contributed by atoms with van der Waals surface area (Å²) >= 11 is 11.7. The van der Waals surface area contributed by atoms with Crippen LogP contribution in [0.1, 0.15) is 52.0 Å². The number of carboxylic acid groups (broad SMARTS) is 2. The molecule has 0 bridgehead atoms. The number of ketones is 3. The standard InChI is InChI=1S/C14H7ClF3NO5.C14H13ClO5S.C5H12NO4P/c15-10-5-7(14(16,17)18)1-4-12(10)24-8-2-3-11(19(22)23)9(6-8)13(20)21;1-21(19,20)8-5-6-9(10(15)7-8)14(18)13-11(16)3-2-4-12(13)17;1-11(9,10)3-2-4(6)5(7)8/h1-6H,(H,20,21);5-7,13H,2-4H2,1H3;4H,2-3,6H2,1H3,(H,7,8)(H,9,10). The highest BCUT2D eigenvalue weighted by Gasteiger charge is 2.37. The molecule has 16 nitrogen and oxygen atoms in total. The van der Waals surface area contributed by atoms with Crippen LogP contribution in [0, 0.1) is 16.0 Å². The van der Waals surface area contributed by atoms with Crippen molar-refractivity contribution in [2.24, 2.45) is 11.7 Å². The number of rotatable bonds is 11. The van der Waals surface area contributed by atoms with E-state index in [2.05, 4.69) is 0 Å². The molecule has 1 aliphatic rings. The number of sulfone groups is 1. The summed E-state index contributed by atoms with van der Waals surface area (Å²) in [7, 11) is -6.55. The minimum atomic E-state index is -4.58. The van der Waals surface area contributed by atoms with Gasteiger partial charge < -0.3 is 25.6 Å². The third kappa shape index (κ3) is 14.1. The molecule has 0 radical (unpaired) electrons. The van der Waals surface area contributed by atoms with Crippen molar-refractivity contribution in [2.75, 3.05) is 19.1 Å². The highest BCUT2D eigenvalue weighted by molar-refractivity contribution is 7.90. The molecule has 2 atom stereocenters. The van der Waals surface area contributed by atoms with E-state index in [0.717, 1.165) is 42.7 Å². The molecule has 5 N–H and O–H groups in total. The normalized spacial score (nSPS) is 14.9. The van der Waals surface area contributed by atoms with Crippen molar-refractivity contribution in [2.45, 2.75) is 42.8 Å². The second kappa shape index (κ2) is 19.4. The summed E-state index contributed by atoms with van der Waals surface area (Å²) in [4.78, 5) is 75.7. The molecule has 0 heterocycles. The SMILES string of the molecule is CP(=O)(O)CCC(N)C(=O)O.CS(=O)(=O)c1ccc(C(=O)C2C(=O)CCCC2=O)c(Cl)c1.O=C(O)c1cc(Oc2ccc(C(F)(F)F)cc2Cl)ccc1[N+](=O)[O-]. The topological polar surface area (TPSA) is 276 Å². The number of benzene rings is 3. The first kappa shape index (κ1) is 47.4. The van der Waals surface area contributed by atoms with Crippen LogP contribution in [-0.2, 0) is 35.0 Å². The molecule has 0 spiro atoms. The van der Waals surface area contributed by atoms with Crippen molar-refractivity contribution in [3.63, 3.8) is 0 Å². The molecule has 0 aromatic heterocycles. The fraction of sp³-hybridized carbons (Fsp3) is 0.303. The largest absolute Gasteiger partial charge is 0.480 e. The fourth-order valence-corrected chi connectivity index (χ4v) is 6.54. The first-order chi connectivity index (χ1) is 25.6. The molecule has 1 saturated carbocycles. The maximum absolute atomic E-state index is 12.6. The number of carboxylic acids is 2. The van der Waals surface area contributed by atoms with Crippen LogP contribution in [0.25, 0.3) is 0 Å². The van der Waals surface area contributed by atoms with Crippen LogP contribution in [-0.4, -0.2) is 82.9 Å². The number of Topliss-reactive ketones (excluding diaryl/α,β-unsaturated/α-hetero) is 3. The summed E-state index contributed by atoms with van der Waals surface area (Å²) in [5, 5.41) is 27.6. The van der Waals surface area contributed by atoms with Gasteiger partial charge in [0.25, 0.3) is 5.69 Å². The third-order valence-electron chi connectivity index (χ3n) is 7.44. The van der Waals surface area contributed by atoms with Gasteiger partial charge in [0, 0.05) is 49.6 Å². The average molecular weight is 872 g/mol. The molecule has 2 unspecified atom stereocenters. The van der Waals surface area contributed by atoms with Crippen molar-refractivity contribution in [3.8, 4) is 11.5 Å². The summed E-state index contributed by atoms with van der Waals surface area (Å²) in [5.74, 6) is -5.74. The zero-order valence-corrected chi connectivity index (χ0v) is 32.2. The number of nitro benzene ring substituents is 1. The second-order valence-electron chi connectivity index (χ2n) is 12.0. The molecule has 23 heteroatoms. The zero-order chi connectivity index (χ0) is 42.9. The van der Waals surface area contributed by atoms with Gasteiger partial charge in [-0.25, -0.2) is 13.2 Å². The number of nitrogens with zero attached hydrogens (tertiary/aromatic N) is 1. The van der Waals surface area contributed by atoms with Gasteiger partial charge in [0.15, 0.2) is 34.6 Å².